The van der Waals surface area contributed by atoms with Crippen LogP contribution in [-0.4, -0.2) is 77.0 Å². The van der Waals surface area contributed by atoms with Gasteiger partial charge in [-0.3, -0.25) is 10.1 Å². The van der Waals surface area contributed by atoms with Gasteiger partial charge in [-0.25, -0.2) is 0 Å². The number of anilines is 3. The average molecular weight is 368 g/mol. The van der Waals surface area contributed by atoms with E-state index in [-0.39, 0.29) is 17.3 Å². The molecule has 1 heterocycles. The third-order valence-corrected chi connectivity index (χ3v) is 4.31. The second-order valence-electron chi connectivity index (χ2n) is 5.79. The van der Waals surface area contributed by atoms with Crippen molar-refractivity contribution in [3.63, 3.8) is 0 Å². The van der Waals surface area contributed by atoms with E-state index in [1.54, 1.807) is 0 Å². The fraction of sp³-hybridized carbons (Fsp3) is 0.750. The van der Waals surface area contributed by atoms with Gasteiger partial charge in [0.25, 0.3) is 0 Å². The quantitative estimate of drug-likeness (QED) is 0.350. The molecule has 0 amide bonds. The van der Waals surface area contributed by atoms with Gasteiger partial charge >= 0.3 is 5.69 Å². The molecule has 0 atom stereocenters. The molecular weight excluding hydrogens is 336 g/mol. The zero-order valence-electron chi connectivity index (χ0n) is 16.3. The lowest BCUT2D eigenvalue weighted by atomic mass is 10.4. The van der Waals surface area contributed by atoms with Gasteiger partial charge in [0.05, 0.1) is 4.92 Å². The van der Waals surface area contributed by atoms with Crippen LogP contribution < -0.4 is 16.4 Å². The number of hydrogen-bond acceptors (Lipinski definition) is 9. The van der Waals surface area contributed by atoms with E-state index in [4.69, 9.17) is 5.73 Å². The zero-order valence-corrected chi connectivity index (χ0v) is 16.3. The number of nitrogen functional groups attached to an aromatic ring is 1. The van der Waals surface area contributed by atoms with Crippen molar-refractivity contribution in [3.8, 4) is 0 Å². The van der Waals surface area contributed by atoms with Crippen LogP contribution in [0.25, 0.3) is 0 Å². The zero-order chi connectivity index (χ0) is 19.5. The third-order valence-electron chi connectivity index (χ3n) is 4.31. The minimum Gasteiger partial charge on any atom is -0.378 e. The van der Waals surface area contributed by atoms with Gasteiger partial charge in [0.1, 0.15) is 0 Å². The van der Waals surface area contributed by atoms with Gasteiger partial charge in [-0.05, 0) is 26.2 Å². The van der Waals surface area contributed by atoms with E-state index in [0.717, 1.165) is 39.3 Å². The van der Waals surface area contributed by atoms with E-state index in [1.807, 2.05) is 0 Å². The first kappa shape index (κ1) is 21.8. The number of nitrogens with zero attached hydrogens (tertiary/aromatic N) is 5. The Morgan fingerprint density at radius 3 is 1.92 bits per heavy atom. The van der Waals surface area contributed by atoms with Crippen molar-refractivity contribution >= 4 is 23.3 Å². The minimum absolute atomic E-state index is 0.138. The SMILES string of the molecule is CCN(CC)CCNc1nc(N)c([N+](=O)[O-])c(NCCN(CC)CC)n1. The molecule has 0 aromatic carbocycles. The normalized spacial score (nSPS) is 11.2. The smallest absolute Gasteiger partial charge is 0.353 e. The molecule has 0 aliphatic rings. The maximum Gasteiger partial charge on any atom is 0.353 e. The molecule has 0 aliphatic carbocycles. The van der Waals surface area contributed by atoms with Crippen LogP contribution in [-0.2, 0) is 0 Å². The first-order valence-electron chi connectivity index (χ1n) is 9.20. The number of nitrogens with two attached hydrogens (primary N) is 1. The van der Waals surface area contributed by atoms with Crippen LogP contribution in [0, 0.1) is 10.1 Å². The summed E-state index contributed by atoms with van der Waals surface area (Å²) in [4.78, 5) is 23.5. The molecule has 26 heavy (non-hydrogen) atoms. The number of nitrogens with one attached hydrogen (secondary N) is 2. The summed E-state index contributed by atoms with van der Waals surface area (Å²) in [5.74, 6) is 0.311. The molecule has 10 nitrogen and oxygen atoms in total. The molecule has 4 N–H and O–H groups in total. The number of nitro groups is 1. The van der Waals surface area contributed by atoms with E-state index in [1.165, 1.54) is 0 Å². The highest BCUT2D eigenvalue weighted by Gasteiger charge is 2.23. The fourth-order valence-electron chi connectivity index (χ4n) is 2.59. The fourth-order valence-corrected chi connectivity index (χ4v) is 2.59. The molecule has 0 radical (unpaired) electrons. The van der Waals surface area contributed by atoms with Gasteiger partial charge in [0.15, 0.2) is 0 Å². The van der Waals surface area contributed by atoms with Crippen LogP contribution in [0.3, 0.4) is 0 Å². The van der Waals surface area contributed by atoms with Gasteiger partial charge in [0.2, 0.25) is 17.6 Å². The van der Waals surface area contributed by atoms with Crippen molar-refractivity contribution < 1.29 is 4.92 Å². The van der Waals surface area contributed by atoms with Crippen LogP contribution >= 0.6 is 0 Å². The molecule has 1 aromatic rings. The monoisotopic (exact) mass is 368 g/mol. The molecule has 0 bridgehead atoms. The molecule has 148 valence electrons. The lowest BCUT2D eigenvalue weighted by Gasteiger charge is -2.19. The van der Waals surface area contributed by atoms with Crippen LogP contribution in [0.1, 0.15) is 27.7 Å². The van der Waals surface area contributed by atoms with Crippen LogP contribution in [0.15, 0.2) is 0 Å². The van der Waals surface area contributed by atoms with E-state index in [0.29, 0.717) is 19.0 Å². The average Bonchev–Trinajstić information content (AvgIpc) is 2.61. The van der Waals surface area contributed by atoms with Crippen molar-refractivity contribution in [2.24, 2.45) is 0 Å². The maximum atomic E-state index is 11.3. The second kappa shape index (κ2) is 11.4. The van der Waals surface area contributed by atoms with Gasteiger partial charge in [-0.1, -0.05) is 27.7 Å². The Morgan fingerprint density at radius 1 is 0.962 bits per heavy atom. The van der Waals surface area contributed by atoms with Crippen molar-refractivity contribution in [2.75, 3.05) is 68.7 Å². The Labute approximate surface area is 155 Å². The van der Waals surface area contributed by atoms with Crippen molar-refractivity contribution in [3.05, 3.63) is 10.1 Å². The first-order chi connectivity index (χ1) is 12.5. The third kappa shape index (κ3) is 6.60. The summed E-state index contributed by atoms with van der Waals surface area (Å²) < 4.78 is 0. The lowest BCUT2D eigenvalue weighted by molar-refractivity contribution is -0.383. The largest absolute Gasteiger partial charge is 0.378 e. The molecule has 10 heteroatoms. The minimum atomic E-state index is -0.547. The highest BCUT2D eigenvalue weighted by molar-refractivity contribution is 5.69. The van der Waals surface area contributed by atoms with E-state index in [9.17, 15) is 10.1 Å². The molecular formula is C16H32N8O2. The van der Waals surface area contributed by atoms with Crippen molar-refractivity contribution in [1.29, 1.82) is 0 Å². The van der Waals surface area contributed by atoms with E-state index < -0.39 is 4.92 Å². The number of hydrogen-bond donors (Lipinski definition) is 3. The van der Waals surface area contributed by atoms with Gasteiger partial charge < -0.3 is 26.2 Å². The highest BCUT2D eigenvalue weighted by atomic mass is 16.6. The molecule has 0 unspecified atom stereocenters. The van der Waals surface area contributed by atoms with E-state index >= 15 is 0 Å². The predicted molar refractivity (Wildman–Crippen MR) is 106 cm³/mol. The summed E-state index contributed by atoms with van der Waals surface area (Å²) >= 11 is 0. The van der Waals surface area contributed by atoms with Gasteiger partial charge in [0, 0.05) is 26.2 Å². The van der Waals surface area contributed by atoms with Gasteiger partial charge in [-0.15, -0.1) is 0 Å². The first-order valence-corrected chi connectivity index (χ1v) is 9.20. The Bertz CT molecular complexity index is 561. The van der Waals surface area contributed by atoms with Crippen LogP contribution in [0.4, 0.5) is 23.3 Å². The predicted octanol–water partition coefficient (Wildman–Crippen LogP) is 1.47. The Balaban J connectivity index is 2.82. The molecule has 0 saturated carbocycles. The van der Waals surface area contributed by atoms with E-state index in [2.05, 4.69) is 58.1 Å². The molecule has 0 spiro atoms. The molecule has 0 saturated heterocycles. The molecule has 0 fully saturated rings. The van der Waals surface area contributed by atoms with Crippen molar-refractivity contribution in [1.82, 2.24) is 19.8 Å². The maximum absolute atomic E-state index is 11.3. The number of likely N-dealkylation sites (N-methyl/N-ethyl adjacent to an activating group) is 2. The lowest BCUT2D eigenvalue weighted by Crippen LogP contribution is -2.29. The molecule has 1 rings (SSSR count). The molecule has 1 aromatic heterocycles. The van der Waals surface area contributed by atoms with Crippen molar-refractivity contribution in [2.45, 2.75) is 27.7 Å². The number of rotatable bonds is 13. The molecule has 0 aliphatic heterocycles. The summed E-state index contributed by atoms with van der Waals surface area (Å²) in [6.07, 6.45) is 0. The summed E-state index contributed by atoms with van der Waals surface area (Å²) in [7, 11) is 0. The summed E-state index contributed by atoms with van der Waals surface area (Å²) in [5, 5.41) is 17.4. The van der Waals surface area contributed by atoms with Crippen LogP contribution in [0.5, 0.6) is 0 Å². The Morgan fingerprint density at radius 2 is 1.46 bits per heavy atom. The van der Waals surface area contributed by atoms with Gasteiger partial charge in [-0.2, -0.15) is 9.97 Å². The number of aromatic nitrogens is 2. The summed E-state index contributed by atoms with van der Waals surface area (Å²) in [6, 6.07) is 0. The Kier molecular flexibility index (Phi) is 9.60. The Hall–Kier alpha value is -2.20. The van der Waals surface area contributed by atoms with Crippen LogP contribution in [0.2, 0.25) is 0 Å². The summed E-state index contributed by atoms with van der Waals surface area (Å²) in [6.45, 7) is 14.9. The standard InChI is InChI=1S/C16H32N8O2/c1-5-22(6-2)11-9-18-15-13(24(25)26)14(17)20-16(21-15)19-10-12-23(7-3)8-4/h5-12H2,1-4H3,(H4,17,18,19,20,21). The topological polar surface area (TPSA) is 125 Å². The highest BCUT2D eigenvalue weighted by Crippen LogP contribution is 2.28. The second-order valence-corrected chi connectivity index (χ2v) is 5.79. The summed E-state index contributed by atoms with van der Waals surface area (Å²) in [5.41, 5.74) is 5.52.